The molecule has 0 aromatic carbocycles. The monoisotopic (exact) mass is 142 g/mol. The van der Waals surface area contributed by atoms with E-state index in [2.05, 4.69) is 10.6 Å². The van der Waals surface area contributed by atoms with Crippen LogP contribution in [0.3, 0.4) is 0 Å². The van der Waals surface area contributed by atoms with E-state index < -0.39 is 0 Å². The van der Waals surface area contributed by atoms with Gasteiger partial charge in [0.05, 0.1) is 0 Å². The smallest absolute Gasteiger partial charge is 0.00368 e. The molecule has 0 radical (unpaired) electrons. The van der Waals surface area contributed by atoms with Crippen molar-refractivity contribution < 1.29 is 0 Å². The van der Waals surface area contributed by atoms with Crippen LogP contribution in [0, 0.1) is 0 Å². The highest BCUT2D eigenvalue weighted by atomic mass is 14.9. The third-order valence-corrected chi connectivity index (χ3v) is 1.91. The lowest BCUT2D eigenvalue weighted by atomic mass is 10.2. The molecule has 2 heterocycles. The zero-order chi connectivity index (χ0) is 7.07. The van der Waals surface area contributed by atoms with Gasteiger partial charge in [0, 0.05) is 0 Å². The SMILES string of the molecule is C1CCNCC1.C1CNC1. The lowest BCUT2D eigenvalue weighted by Gasteiger charge is -2.09. The van der Waals surface area contributed by atoms with Crippen LogP contribution in [-0.4, -0.2) is 26.2 Å². The molecular weight excluding hydrogens is 124 g/mol. The van der Waals surface area contributed by atoms with Crippen molar-refractivity contribution in [1.29, 1.82) is 0 Å². The molecule has 0 spiro atoms. The first-order valence-electron chi connectivity index (χ1n) is 4.41. The average molecular weight is 142 g/mol. The van der Waals surface area contributed by atoms with Gasteiger partial charge < -0.3 is 10.6 Å². The van der Waals surface area contributed by atoms with E-state index in [4.69, 9.17) is 0 Å². The highest BCUT2D eigenvalue weighted by Crippen LogP contribution is 1.96. The Morgan fingerprint density at radius 3 is 1.00 bits per heavy atom. The van der Waals surface area contributed by atoms with Gasteiger partial charge in [0.1, 0.15) is 0 Å². The number of rotatable bonds is 0. The summed E-state index contributed by atoms with van der Waals surface area (Å²) in [6.07, 6.45) is 5.60. The fourth-order valence-corrected chi connectivity index (χ4v) is 0.979. The van der Waals surface area contributed by atoms with Crippen molar-refractivity contribution in [3.05, 3.63) is 0 Å². The van der Waals surface area contributed by atoms with E-state index in [1.165, 1.54) is 51.9 Å². The van der Waals surface area contributed by atoms with Gasteiger partial charge in [0.25, 0.3) is 0 Å². The number of hydrogen-bond acceptors (Lipinski definition) is 2. The van der Waals surface area contributed by atoms with Gasteiger partial charge in [0.15, 0.2) is 0 Å². The Bertz CT molecular complexity index is 50.1. The first-order valence-corrected chi connectivity index (χ1v) is 4.41. The van der Waals surface area contributed by atoms with Gasteiger partial charge >= 0.3 is 0 Å². The summed E-state index contributed by atoms with van der Waals surface area (Å²) in [4.78, 5) is 0. The normalized spacial score (nSPS) is 24.0. The largest absolute Gasteiger partial charge is 0.317 e. The average Bonchev–Trinajstić information content (AvgIpc) is 1.88. The Labute approximate surface area is 63.4 Å². The molecule has 2 saturated heterocycles. The van der Waals surface area contributed by atoms with Gasteiger partial charge in [-0.15, -0.1) is 0 Å². The predicted octanol–water partition coefficient (Wildman–Crippen LogP) is 0.740. The fraction of sp³-hybridized carbons (Fsp3) is 1.00. The first-order chi connectivity index (χ1) is 5.00. The molecule has 0 amide bonds. The van der Waals surface area contributed by atoms with Crippen LogP contribution in [0.15, 0.2) is 0 Å². The van der Waals surface area contributed by atoms with Gasteiger partial charge in [-0.25, -0.2) is 0 Å². The lowest BCUT2D eigenvalue weighted by molar-refractivity contribution is 0.520. The molecule has 0 atom stereocenters. The topological polar surface area (TPSA) is 24.1 Å². The zero-order valence-electron chi connectivity index (χ0n) is 6.66. The standard InChI is InChI=1S/C5H11N.C3H7N/c1-2-4-6-5-3-1;1-2-4-3-1/h6H,1-5H2;4H,1-3H2. The van der Waals surface area contributed by atoms with Crippen molar-refractivity contribution >= 4 is 0 Å². The van der Waals surface area contributed by atoms with Gasteiger partial charge in [-0.3, -0.25) is 0 Å². The second-order valence-electron chi connectivity index (χ2n) is 2.91. The fourth-order valence-electron chi connectivity index (χ4n) is 0.979. The van der Waals surface area contributed by atoms with Crippen LogP contribution in [0.25, 0.3) is 0 Å². The molecule has 10 heavy (non-hydrogen) atoms. The van der Waals surface area contributed by atoms with Crippen molar-refractivity contribution in [3.8, 4) is 0 Å². The van der Waals surface area contributed by atoms with Crippen LogP contribution in [0.4, 0.5) is 0 Å². The van der Waals surface area contributed by atoms with E-state index in [-0.39, 0.29) is 0 Å². The summed E-state index contributed by atoms with van der Waals surface area (Å²) < 4.78 is 0. The van der Waals surface area contributed by atoms with Crippen LogP contribution in [0.1, 0.15) is 25.7 Å². The highest BCUT2D eigenvalue weighted by molar-refractivity contribution is 4.56. The summed E-state index contributed by atoms with van der Waals surface area (Å²) >= 11 is 0. The molecule has 0 aromatic heterocycles. The number of piperidine rings is 1. The van der Waals surface area contributed by atoms with Crippen LogP contribution < -0.4 is 10.6 Å². The van der Waals surface area contributed by atoms with Crippen molar-refractivity contribution in [3.63, 3.8) is 0 Å². The molecule has 2 aliphatic heterocycles. The molecule has 0 aromatic rings. The van der Waals surface area contributed by atoms with E-state index in [9.17, 15) is 0 Å². The number of nitrogens with one attached hydrogen (secondary N) is 2. The van der Waals surface area contributed by atoms with Gasteiger partial charge in [-0.2, -0.15) is 0 Å². The quantitative estimate of drug-likeness (QED) is 0.521. The lowest BCUT2D eigenvalue weighted by Crippen LogP contribution is -2.29. The summed E-state index contributed by atoms with van der Waals surface area (Å²) in [5.41, 5.74) is 0. The third kappa shape index (κ3) is 3.85. The minimum absolute atomic E-state index is 1.25. The van der Waals surface area contributed by atoms with Crippen molar-refractivity contribution in [2.45, 2.75) is 25.7 Å². The Morgan fingerprint density at radius 1 is 0.500 bits per heavy atom. The molecule has 60 valence electrons. The summed E-state index contributed by atoms with van der Waals surface area (Å²) in [7, 11) is 0. The molecule has 2 N–H and O–H groups in total. The van der Waals surface area contributed by atoms with Crippen molar-refractivity contribution in [2.24, 2.45) is 0 Å². The van der Waals surface area contributed by atoms with Crippen molar-refractivity contribution in [1.82, 2.24) is 10.6 Å². The highest BCUT2D eigenvalue weighted by Gasteiger charge is 1.93. The zero-order valence-corrected chi connectivity index (χ0v) is 6.66. The van der Waals surface area contributed by atoms with E-state index in [0.717, 1.165) is 0 Å². The molecule has 2 fully saturated rings. The Morgan fingerprint density at radius 2 is 0.900 bits per heavy atom. The van der Waals surface area contributed by atoms with E-state index in [1.54, 1.807) is 0 Å². The Balaban J connectivity index is 0.000000108. The summed E-state index contributed by atoms with van der Waals surface area (Å²) in [6, 6.07) is 0. The molecule has 0 bridgehead atoms. The maximum Gasteiger partial charge on any atom is -0.00368 e. The Kier molecular flexibility index (Phi) is 4.56. The third-order valence-electron chi connectivity index (χ3n) is 1.91. The van der Waals surface area contributed by atoms with E-state index >= 15 is 0 Å². The molecule has 2 rings (SSSR count). The van der Waals surface area contributed by atoms with Gasteiger partial charge in [-0.05, 0) is 45.4 Å². The van der Waals surface area contributed by atoms with Crippen LogP contribution in [-0.2, 0) is 0 Å². The van der Waals surface area contributed by atoms with E-state index in [1.807, 2.05) is 0 Å². The van der Waals surface area contributed by atoms with E-state index in [0.29, 0.717) is 0 Å². The predicted molar refractivity (Wildman–Crippen MR) is 44.2 cm³/mol. The molecule has 2 nitrogen and oxygen atoms in total. The second kappa shape index (κ2) is 5.69. The molecular formula is C8H18N2. The molecule has 2 aliphatic rings. The van der Waals surface area contributed by atoms with Crippen molar-refractivity contribution in [2.75, 3.05) is 26.2 Å². The second-order valence-corrected chi connectivity index (χ2v) is 2.91. The van der Waals surface area contributed by atoms with Gasteiger partial charge in [0.2, 0.25) is 0 Å². The minimum atomic E-state index is 1.25. The van der Waals surface area contributed by atoms with Crippen LogP contribution in [0.5, 0.6) is 0 Å². The Hall–Kier alpha value is -0.0800. The minimum Gasteiger partial charge on any atom is -0.317 e. The van der Waals surface area contributed by atoms with Crippen LogP contribution in [0.2, 0.25) is 0 Å². The maximum atomic E-state index is 3.28. The molecule has 2 heteroatoms. The van der Waals surface area contributed by atoms with Gasteiger partial charge in [-0.1, -0.05) is 6.42 Å². The first kappa shape index (κ1) is 8.02. The van der Waals surface area contributed by atoms with Crippen LogP contribution >= 0.6 is 0 Å². The summed E-state index contributed by atoms with van der Waals surface area (Å²) in [5.74, 6) is 0. The summed E-state index contributed by atoms with van der Waals surface area (Å²) in [6.45, 7) is 5.00. The molecule has 0 aliphatic carbocycles. The number of hydrogen-bond donors (Lipinski definition) is 2. The molecule has 0 unspecified atom stereocenters. The molecule has 0 saturated carbocycles. The summed E-state index contributed by atoms with van der Waals surface area (Å²) in [5, 5.41) is 6.40. The maximum absolute atomic E-state index is 3.28.